The van der Waals surface area contributed by atoms with Crippen LogP contribution in [0.4, 0.5) is 0 Å². The third-order valence-electron chi connectivity index (χ3n) is 2.07. The summed E-state index contributed by atoms with van der Waals surface area (Å²) in [5, 5.41) is 12.2. The number of rotatable bonds is 2. The molecule has 74 valence electrons. The fourth-order valence-electron chi connectivity index (χ4n) is 1.46. The first-order valence-corrected chi connectivity index (χ1v) is 4.51. The van der Waals surface area contributed by atoms with Gasteiger partial charge >= 0.3 is 0 Å². The van der Waals surface area contributed by atoms with Crippen molar-refractivity contribution in [2.24, 2.45) is 7.05 Å². The number of aromatic nitrogens is 5. The Hall–Kier alpha value is -1.65. The minimum atomic E-state index is 0.688. The zero-order chi connectivity index (χ0) is 10.1. The van der Waals surface area contributed by atoms with Gasteiger partial charge in [0.15, 0.2) is 0 Å². The summed E-state index contributed by atoms with van der Waals surface area (Å²) in [6.07, 6.45) is 1.90. The van der Waals surface area contributed by atoms with Crippen LogP contribution >= 0.6 is 0 Å². The molecule has 2 heterocycles. The molecule has 0 N–H and O–H groups in total. The quantitative estimate of drug-likeness (QED) is 0.701. The summed E-state index contributed by atoms with van der Waals surface area (Å²) in [5.74, 6) is 0. The molecule has 2 aromatic rings. The molecule has 0 radical (unpaired) electrons. The molecule has 0 bridgehead atoms. The monoisotopic (exact) mass is 191 g/mol. The normalized spacial score (nSPS) is 10.8. The van der Waals surface area contributed by atoms with Crippen LogP contribution in [0.25, 0.3) is 0 Å². The van der Waals surface area contributed by atoms with E-state index in [1.165, 1.54) is 0 Å². The maximum Gasteiger partial charge on any atom is 0.104 e. The van der Waals surface area contributed by atoms with Crippen LogP contribution < -0.4 is 0 Å². The van der Waals surface area contributed by atoms with Crippen molar-refractivity contribution in [2.45, 2.75) is 20.4 Å². The van der Waals surface area contributed by atoms with Crippen molar-refractivity contribution < 1.29 is 0 Å². The van der Waals surface area contributed by atoms with Crippen LogP contribution in [0, 0.1) is 13.8 Å². The van der Waals surface area contributed by atoms with Crippen LogP contribution in [-0.4, -0.2) is 24.8 Å². The minimum absolute atomic E-state index is 0.688. The fraction of sp³-hybridized carbons (Fsp3) is 0.444. The number of hydrogen-bond donors (Lipinski definition) is 0. The van der Waals surface area contributed by atoms with Gasteiger partial charge in [0, 0.05) is 18.9 Å². The van der Waals surface area contributed by atoms with Crippen LogP contribution in [0.15, 0.2) is 12.3 Å². The average Bonchev–Trinajstić information content (AvgIpc) is 2.61. The molecule has 0 aliphatic rings. The van der Waals surface area contributed by atoms with Crippen LogP contribution in [0.3, 0.4) is 0 Å². The van der Waals surface area contributed by atoms with Gasteiger partial charge in [0.1, 0.15) is 5.69 Å². The number of nitrogens with zero attached hydrogens (tertiary/aromatic N) is 5. The molecule has 14 heavy (non-hydrogen) atoms. The van der Waals surface area contributed by atoms with Gasteiger partial charge in [0.05, 0.1) is 12.2 Å². The Bertz CT molecular complexity index is 440. The molecule has 0 unspecified atom stereocenters. The minimum Gasteiger partial charge on any atom is -0.263 e. The van der Waals surface area contributed by atoms with Crippen molar-refractivity contribution in [3.63, 3.8) is 0 Å². The summed E-state index contributed by atoms with van der Waals surface area (Å²) in [5.41, 5.74) is 3.11. The van der Waals surface area contributed by atoms with E-state index in [1.807, 2.05) is 31.8 Å². The second-order valence-corrected chi connectivity index (χ2v) is 3.47. The van der Waals surface area contributed by atoms with E-state index in [2.05, 4.69) is 21.5 Å². The van der Waals surface area contributed by atoms with Crippen molar-refractivity contribution in [2.75, 3.05) is 0 Å². The second-order valence-electron chi connectivity index (χ2n) is 3.47. The standard InChI is InChI=1S/C9H13N5/c1-7-4-8(2)14(11-7)6-9-5-13(3)12-10-9/h4-5H,6H2,1-3H3. The van der Waals surface area contributed by atoms with Crippen molar-refractivity contribution in [3.8, 4) is 0 Å². The Morgan fingerprint density at radius 3 is 2.64 bits per heavy atom. The Morgan fingerprint density at radius 2 is 2.14 bits per heavy atom. The van der Waals surface area contributed by atoms with E-state index in [0.717, 1.165) is 17.1 Å². The first kappa shape index (κ1) is 8.93. The van der Waals surface area contributed by atoms with Gasteiger partial charge in [-0.15, -0.1) is 5.10 Å². The molecule has 2 rings (SSSR count). The fourth-order valence-corrected chi connectivity index (χ4v) is 1.46. The first-order chi connectivity index (χ1) is 6.65. The molecule has 5 nitrogen and oxygen atoms in total. The zero-order valence-corrected chi connectivity index (χ0v) is 8.60. The van der Waals surface area contributed by atoms with Gasteiger partial charge in [-0.1, -0.05) is 5.21 Å². The molecule has 2 aromatic heterocycles. The molecule has 0 spiro atoms. The predicted molar refractivity (Wildman–Crippen MR) is 51.8 cm³/mol. The van der Waals surface area contributed by atoms with Crippen LogP contribution in [0.2, 0.25) is 0 Å². The SMILES string of the molecule is Cc1cc(C)n(Cc2cn(C)nn2)n1. The van der Waals surface area contributed by atoms with E-state index in [1.54, 1.807) is 4.68 Å². The third-order valence-corrected chi connectivity index (χ3v) is 2.07. The molecule has 0 atom stereocenters. The van der Waals surface area contributed by atoms with Gasteiger partial charge in [0.25, 0.3) is 0 Å². The molecule has 0 aliphatic carbocycles. The Labute approximate surface area is 82.4 Å². The predicted octanol–water partition coefficient (Wildman–Crippen LogP) is 0.677. The summed E-state index contributed by atoms with van der Waals surface area (Å²) >= 11 is 0. The zero-order valence-electron chi connectivity index (χ0n) is 8.60. The van der Waals surface area contributed by atoms with E-state index in [4.69, 9.17) is 0 Å². The third kappa shape index (κ3) is 1.66. The topological polar surface area (TPSA) is 48.5 Å². The van der Waals surface area contributed by atoms with E-state index >= 15 is 0 Å². The highest BCUT2D eigenvalue weighted by atomic mass is 15.4. The van der Waals surface area contributed by atoms with Crippen LogP contribution in [-0.2, 0) is 13.6 Å². The summed E-state index contributed by atoms with van der Waals surface area (Å²) in [7, 11) is 1.86. The maximum atomic E-state index is 4.35. The van der Waals surface area contributed by atoms with Crippen LogP contribution in [0.1, 0.15) is 17.1 Å². The van der Waals surface area contributed by atoms with E-state index in [-0.39, 0.29) is 0 Å². The summed E-state index contributed by atoms with van der Waals surface area (Å²) in [4.78, 5) is 0. The maximum absolute atomic E-state index is 4.35. The van der Waals surface area contributed by atoms with Gasteiger partial charge in [-0.2, -0.15) is 5.10 Å². The lowest BCUT2D eigenvalue weighted by Crippen LogP contribution is -2.04. The molecule has 0 saturated carbocycles. The van der Waals surface area contributed by atoms with Gasteiger partial charge < -0.3 is 0 Å². The Balaban J connectivity index is 2.22. The molecule has 0 aromatic carbocycles. The van der Waals surface area contributed by atoms with Crippen molar-refractivity contribution in [1.82, 2.24) is 24.8 Å². The summed E-state index contributed by atoms with van der Waals surface area (Å²) in [6, 6.07) is 2.05. The van der Waals surface area contributed by atoms with E-state index in [0.29, 0.717) is 6.54 Å². The van der Waals surface area contributed by atoms with Gasteiger partial charge in [0.2, 0.25) is 0 Å². The van der Waals surface area contributed by atoms with E-state index in [9.17, 15) is 0 Å². The van der Waals surface area contributed by atoms with Crippen molar-refractivity contribution in [3.05, 3.63) is 29.3 Å². The molecule has 0 amide bonds. The average molecular weight is 191 g/mol. The Kier molecular flexibility index (Phi) is 2.07. The highest BCUT2D eigenvalue weighted by Crippen LogP contribution is 2.04. The van der Waals surface area contributed by atoms with Gasteiger partial charge in [-0.25, -0.2) is 0 Å². The number of hydrogen-bond acceptors (Lipinski definition) is 3. The van der Waals surface area contributed by atoms with E-state index < -0.39 is 0 Å². The largest absolute Gasteiger partial charge is 0.263 e. The Morgan fingerprint density at radius 1 is 1.36 bits per heavy atom. The van der Waals surface area contributed by atoms with Crippen LogP contribution in [0.5, 0.6) is 0 Å². The summed E-state index contributed by atoms with van der Waals surface area (Å²) in [6.45, 7) is 4.71. The molecule has 5 heteroatoms. The molecule has 0 saturated heterocycles. The lowest BCUT2D eigenvalue weighted by Gasteiger charge is -1.99. The lowest BCUT2D eigenvalue weighted by atomic mass is 10.4. The summed E-state index contributed by atoms with van der Waals surface area (Å²) < 4.78 is 3.63. The number of aryl methyl sites for hydroxylation is 3. The lowest BCUT2D eigenvalue weighted by molar-refractivity contribution is 0.644. The smallest absolute Gasteiger partial charge is 0.104 e. The van der Waals surface area contributed by atoms with Gasteiger partial charge in [-0.05, 0) is 19.9 Å². The molecular weight excluding hydrogens is 178 g/mol. The molecular formula is C9H13N5. The van der Waals surface area contributed by atoms with Crippen molar-refractivity contribution >= 4 is 0 Å². The highest BCUT2D eigenvalue weighted by molar-refractivity contribution is 5.08. The molecule has 0 fully saturated rings. The van der Waals surface area contributed by atoms with Crippen molar-refractivity contribution in [1.29, 1.82) is 0 Å². The highest BCUT2D eigenvalue weighted by Gasteiger charge is 2.04. The van der Waals surface area contributed by atoms with Gasteiger partial charge in [-0.3, -0.25) is 9.36 Å². The first-order valence-electron chi connectivity index (χ1n) is 4.51. The second kappa shape index (κ2) is 3.25. The molecule has 0 aliphatic heterocycles.